The number of methoxy groups -OCH3 is 1. The van der Waals surface area contributed by atoms with Crippen LogP contribution in [-0.2, 0) is 19.3 Å². The highest BCUT2D eigenvalue weighted by atomic mass is 32.2. The highest BCUT2D eigenvalue weighted by Crippen LogP contribution is 2.46. The minimum atomic E-state index is -4.87. The van der Waals surface area contributed by atoms with Crippen LogP contribution in [0.15, 0.2) is 35.5 Å². The number of hydrogen-bond donors (Lipinski definition) is 2. The van der Waals surface area contributed by atoms with Crippen molar-refractivity contribution in [1.29, 1.82) is 4.78 Å². The summed E-state index contributed by atoms with van der Waals surface area (Å²) < 4.78 is 95.4. The third kappa shape index (κ3) is 5.10. The van der Waals surface area contributed by atoms with E-state index in [1.165, 1.54) is 18.3 Å². The largest absolute Gasteiger partial charge is 0.419 e. The first-order chi connectivity index (χ1) is 16.1. The Balaban J connectivity index is 2.09. The van der Waals surface area contributed by atoms with E-state index < -0.39 is 64.0 Å². The number of nitrogens with zero attached hydrogens (tertiary/aromatic N) is 2. The number of aromatic nitrogens is 1. The maximum Gasteiger partial charge on any atom is 0.419 e. The van der Waals surface area contributed by atoms with E-state index in [4.69, 9.17) is 9.52 Å². The topological polar surface area (TPSA) is 95.4 Å². The third-order valence-corrected chi connectivity index (χ3v) is 6.95. The molecule has 192 valence electrons. The number of ether oxygens (including phenoxy) is 1. The molecule has 0 saturated carbocycles. The normalized spacial score (nSPS) is 22.3. The van der Waals surface area contributed by atoms with Crippen LogP contribution in [0.3, 0.4) is 0 Å². The van der Waals surface area contributed by atoms with Crippen LogP contribution >= 0.6 is 0 Å². The van der Waals surface area contributed by atoms with E-state index in [1.807, 2.05) is 0 Å². The van der Waals surface area contributed by atoms with Crippen molar-refractivity contribution in [2.75, 3.05) is 30.1 Å². The van der Waals surface area contributed by atoms with E-state index in [1.54, 1.807) is 13.8 Å². The van der Waals surface area contributed by atoms with Crippen LogP contribution in [0.4, 0.5) is 33.3 Å². The van der Waals surface area contributed by atoms with E-state index in [2.05, 4.69) is 10.3 Å². The molecule has 1 aromatic heterocycles. The van der Waals surface area contributed by atoms with Gasteiger partial charge in [0.05, 0.1) is 16.3 Å². The van der Waals surface area contributed by atoms with Crippen LogP contribution in [0.2, 0.25) is 0 Å². The molecular formula is C22H25F5N4O3S. The number of rotatable bonds is 6. The summed E-state index contributed by atoms with van der Waals surface area (Å²) in [7, 11) is -2.34. The molecule has 2 N–H and O–H groups in total. The molecule has 1 aromatic carbocycles. The van der Waals surface area contributed by atoms with Gasteiger partial charge < -0.3 is 15.0 Å². The van der Waals surface area contributed by atoms with Crippen molar-refractivity contribution in [1.82, 2.24) is 4.98 Å². The van der Waals surface area contributed by atoms with Crippen molar-refractivity contribution >= 4 is 27.0 Å². The number of hydrogen-bond acceptors (Lipinski definition) is 6. The number of anilines is 2. The first kappa shape index (κ1) is 26.8. The van der Waals surface area contributed by atoms with Gasteiger partial charge in [-0.3, -0.25) is 4.79 Å². The standard InChI is InChI=1S/C22H25F5N4O3S/c1-12(2)18-15(6-5-14(23)19(18)24)31-11-21(34-3,22(25,26)27)10-16(31)20(32)30-13-7-8-29-17(9-13)35(4,28)33/h5-9,12,16,28H,10-11H2,1-4H3,(H,29,30,32)/t16?,21?,35-/m1/s1. The predicted octanol–water partition coefficient (Wildman–Crippen LogP) is 4.68. The zero-order valence-corrected chi connectivity index (χ0v) is 20.2. The van der Waals surface area contributed by atoms with Crippen molar-refractivity contribution in [2.45, 2.75) is 49.0 Å². The van der Waals surface area contributed by atoms with E-state index >= 15 is 0 Å². The van der Waals surface area contributed by atoms with E-state index in [-0.39, 0.29) is 22.0 Å². The molecule has 2 aromatic rings. The van der Waals surface area contributed by atoms with Gasteiger partial charge in [-0.05, 0) is 30.2 Å². The summed E-state index contributed by atoms with van der Waals surface area (Å²) in [6.07, 6.45) is -3.34. The molecule has 35 heavy (non-hydrogen) atoms. The zero-order valence-electron chi connectivity index (χ0n) is 19.4. The molecule has 3 rings (SSSR count). The van der Waals surface area contributed by atoms with E-state index in [0.29, 0.717) is 0 Å². The van der Waals surface area contributed by atoms with Gasteiger partial charge in [0.1, 0.15) is 11.1 Å². The Bertz CT molecular complexity index is 1240. The number of carbonyl (C=O) groups excluding carboxylic acids is 1. The first-order valence-corrected chi connectivity index (χ1v) is 12.4. The summed E-state index contributed by atoms with van der Waals surface area (Å²) in [4.78, 5) is 18.1. The average molecular weight is 521 g/mol. The number of amides is 1. The minimum Gasteiger partial charge on any atom is -0.367 e. The van der Waals surface area contributed by atoms with Crippen molar-refractivity contribution in [3.63, 3.8) is 0 Å². The molecule has 3 atom stereocenters. The van der Waals surface area contributed by atoms with Gasteiger partial charge in [0.15, 0.2) is 17.2 Å². The lowest BCUT2D eigenvalue weighted by Crippen LogP contribution is -2.49. The number of halogens is 5. The van der Waals surface area contributed by atoms with Gasteiger partial charge in [-0.1, -0.05) is 13.8 Å². The van der Waals surface area contributed by atoms with Gasteiger partial charge in [0, 0.05) is 42.9 Å². The molecule has 0 aliphatic carbocycles. The van der Waals surface area contributed by atoms with Crippen LogP contribution in [0, 0.1) is 16.4 Å². The Morgan fingerprint density at radius 2 is 1.97 bits per heavy atom. The molecule has 1 saturated heterocycles. The molecule has 0 spiro atoms. The Kier molecular flexibility index (Phi) is 7.15. The quantitative estimate of drug-likeness (QED) is 0.540. The number of benzene rings is 1. The molecule has 7 nitrogen and oxygen atoms in total. The molecule has 1 amide bonds. The van der Waals surface area contributed by atoms with Gasteiger partial charge in [-0.25, -0.2) is 22.8 Å². The zero-order chi connectivity index (χ0) is 26.3. The minimum absolute atomic E-state index is 0.0552. The monoisotopic (exact) mass is 520 g/mol. The highest BCUT2D eigenvalue weighted by Gasteiger charge is 2.63. The summed E-state index contributed by atoms with van der Waals surface area (Å²) >= 11 is 0. The number of nitrogens with one attached hydrogen (secondary N) is 2. The number of alkyl halides is 3. The van der Waals surface area contributed by atoms with Crippen LogP contribution in [0.25, 0.3) is 0 Å². The molecule has 1 fully saturated rings. The molecule has 13 heteroatoms. The van der Waals surface area contributed by atoms with Gasteiger partial charge >= 0.3 is 6.18 Å². The SMILES string of the molecule is COC1(C(F)(F)F)CC(C(=O)Nc2ccnc([S@](C)(=N)=O)c2)N(c2ccc(F)c(F)c2C(C)C)C1. The van der Waals surface area contributed by atoms with Crippen LogP contribution in [-0.4, -0.2) is 52.8 Å². The summed E-state index contributed by atoms with van der Waals surface area (Å²) in [6, 6.07) is 2.99. The van der Waals surface area contributed by atoms with Gasteiger partial charge in [0.25, 0.3) is 0 Å². The molecule has 0 bridgehead atoms. The Morgan fingerprint density at radius 3 is 2.51 bits per heavy atom. The fourth-order valence-corrected chi connectivity index (χ4v) is 4.72. The Hall–Kier alpha value is -2.80. The third-order valence-electron chi connectivity index (χ3n) is 5.93. The average Bonchev–Trinajstić information content (AvgIpc) is 3.16. The lowest BCUT2D eigenvalue weighted by Gasteiger charge is -2.31. The molecular weight excluding hydrogens is 495 g/mol. The first-order valence-electron chi connectivity index (χ1n) is 10.5. The molecule has 1 aliphatic rings. The second kappa shape index (κ2) is 9.34. The lowest BCUT2D eigenvalue weighted by atomic mass is 9.98. The Morgan fingerprint density at radius 1 is 1.31 bits per heavy atom. The van der Waals surface area contributed by atoms with Crippen molar-refractivity contribution in [3.8, 4) is 0 Å². The van der Waals surface area contributed by atoms with Crippen LogP contribution in [0.5, 0.6) is 0 Å². The summed E-state index contributed by atoms with van der Waals surface area (Å²) in [5.74, 6) is -3.84. The van der Waals surface area contributed by atoms with Gasteiger partial charge in [0.2, 0.25) is 5.91 Å². The maximum atomic E-state index is 14.7. The van der Waals surface area contributed by atoms with Crippen molar-refractivity contribution in [2.24, 2.45) is 0 Å². The number of pyridine rings is 1. The fraction of sp³-hybridized carbons (Fsp3) is 0.455. The molecule has 0 radical (unpaired) electrons. The number of carbonyl (C=O) groups is 1. The van der Waals surface area contributed by atoms with Crippen LogP contribution < -0.4 is 10.2 Å². The predicted molar refractivity (Wildman–Crippen MR) is 120 cm³/mol. The Labute approximate surface area is 199 Å². The fourth-order valence-electron chi connectivity index (χ4n) is 4.11. The molecule has 2 heterocycles. The maximum absolute atomic E-state index is 14.7. The van der Waals surface area contributed by atoms with Crippen molar-refractivity contribution in [3.05, 3.63) is 47.7 Å². The second-order valence-corrected chi connectivity index (χ2v) is 10.8. The van der Waals surface area contributed by atoms with Crippen LogP contribution in [0.1, 0.15) is 31.7 Å². The van der Waals surface area contributed by atoms with Gasteiger partial charge in [-0.15, -0.1) is 0 Å². The lowest BCUT2D eigenvalue weighted by molar-refractivity contribution is -0.261. The molecule has 2 unspecified atom stereocenters. The van der Waals surface area contributed by atoms with Crippen molar-refractivity contribution < 1.29 is 35.7 Å². The highest BCUT2D eigenvalue weighted by molar-refractivity contribution is 7.91. The summed E-state index contributed by atoms with van der Waals surface area (Å²) in [6.45, 7) is 2.29. The smallest absolute Gasteiger partial charge is 0.367 e. The molecule has 1 aliphatic heterocycles. The second-order valence-electron chi connectivity index (χ2n) is 8.71. The van der Waals surface area contributed by atoms with E-state index in [9.17, 15) is 31.0 Å². The van der Waals surface area contributed by atoms with E-state index in [0.717, 1.165) is 30.4 Å². The van der Waals surface area contributed by atoms with Gasteiger partial charge in [-0.2, -0.15) is 13.2 Å². The summed E-state index contributed by atoms with van der Waals surface area (Å²) in [5.41, 5.74) is -2.89. The summed E-state index contributed by atoms with van der Waals surface area (Å²) in [5, 5.41) is 2.34.